The van der Waals surface area contributed by atoms with E-state index in [0.717, 1.165) is 22.6 Å². The first-order valence-electron chi connectivity index (χ1n) is 17.6. The molecule has 13 nitrogen and oxygen atoms in total. The quantitative estimate of drug-likeness (QED) is 0.217. The number of hydrogen-bond donors (Lipinski definition) is 4. The summed E-state index contributed by atoms with van der Waals surface area (Å²) in [6.45, 7) is 3.82. The Hall–Kier alpha value is -4.72. The summed E-state index contributed by atoms with van der Waals surface area (Å²) in [7, 11) is -3.90. The van der Waals surface area contributed by atoms with Gasteiger partial charge in [0.2, 0.25) is 27.7 Å². The Labute approximate surface area is 296 Å². The van der Waals surface area contributed by atoms with Crippen LogP contribution in [-0.2, 0) is 24.4 Å². The number of ether oxygens (including phenoxy) is 1. The van der Waals surface area contributed by atoms with Crippen molar-refractivity contribution in [1.29, 1.82) is 0 Å². The van der Waals surface area contributed by atoms with Crippen molar-refractivity contribution in [3.63, 3.8) is 0 Å². The van der Waals surface area contributed by atoms with Gasteiger partial charge >= 0.3 is 6.09 Å². The molecule has 2 saturated carbocycles. The first-order chi connectivity index (χ1) is 24.4. The monoisotopic (exact) mass is 717 g/mol. The van der Waals surface area contributed by atoms with Crippen LogP contribution in [0.2, 0.25) is 0 Å². The lowest BCUT2D eigenvalue weighted by Gasteiger charge is -2.32. The van der Waals surface area contributed by atoms with E-state index in [1.54, 1.807) is 0 Å². The fourth-order valence-electron chi connectivity index (χ4n) is 7.75. The summed E-state index contributed by atoms with van der Waals surface area (Å²) < 4.78 is 34.3. The third kappa shape index (κ3) is 6.97. The predicted molar refractivity (Wildman–Crippen MR) is 189 cm³/mol. The molecule has 2 aliphatic heterocycles. The van der Waals surface area contributed by atoms with Gasteiger partial charge in [-0.25, -0.2) is 18.2 Å². The molecular weight excluding hydrogens is 675 g/mol. The number of carbonyl (C=O) groups is 4. The number of hydrogen-bond acceptors (Lipinski definition) is 8. The molecule has 4 N–H and O–H groups in total. The molecule has 1 saturated heterocycles. The van der Waals surface area contributed by atoms with Crippen LogP contribution in [0.3, 0.4) is 0 Å². The summed E-state index contributed by atoms with van der Waals surface area (Å²) in [5, 5.41) is 17.0. The van der Waals surface area contributed by atoms with Gasteiger partial charge < -0.3 is 25.4 Å². The van der Waals surface area contributed by atoms with Gasteiger partial charge in [-0.3, -0.25) is 19.1 Å². The number of allylic oxidation sites excluding steroid dienone is 1. The number of nitrogens with one attached hydrogen (secondary N) is 3. The van der Waals surface area contributed by atoms with Gasteiger partial charge in [0.25, 0.3) is 5.91 Å². The second-order valence-corrected chi connectivity index (χ2v) is 16.6. The Morgan fingerprint density at radius 2 is 1.71 bits per heavy atom. The highest BCUT2D eigenvalue weighted by molar-refractivity contribution is 7.91. The van der Waals surface area contributed by atoms with Gasteiger partial charge in [0.15, 0.2) is 0 Å². The third-order valence-corrected chi connectivity index (χ3v) is 12.6. The molecule has 1 aromatic heterocycles. The van der Waals surface area contributed by atoms with Gasteiger partial charge in [-0.05, 0) is 67.9 Å². The van der Waals surface area contributed by atoms with Crippen LogP contribution >= 0.6 is 0 Å². The van der Waals surface area contributed by atoms with Crippen LogP contribution in [0.15, 0.2) is 60.7 Å². The molecule has 4 aliphatic rings. The van der Waals surface area contributed by atoms with Crippen LogP contribution in [0.5, 0.6) is 5.88 Å². The Morgan fingerprint density at radius 3 is 2.43 bits per heavy atom. The molecule has 2 aliphatic carbocycles. The number of amides is 4. The molecule has 0 radical (unpaired) electrons. The van der Waals surface area contributed by atoms with Crippen LogP contribution in [0.1, 0.15) is 58.8 Å². The number of benzene rings is 2. The number of pyridine rings is 1. The highest BCUT2D eigenvalue weighted by Gasteiger charge is 2.62. The zero-order valence-corrected chi connectivity index (χ0v) is 29.4. The highest BCUT2D eigenvalue weighted by atomic mass is 32.2. The highest BCUT2D eigenvalue weighted by Crippen LogP contribution is 2.46. The molecule has 0 unspecified atom stereocenters. The van der Waals surface area contributed by atoms with Crippen molar-refractivity contribution in [2.75, 3.05) is 6.54 Å². The van der Waals surface area contributed by atoms with E-state index in [1.807, 2.05) is 74.5 Å². The van der Waals surface area contributed by atoms with E-state index in [9.17, 15) is 32.7 Å². The van der Waals surface area contributed by atoms with E-state index in [0.29, 0.717) is 37.1 Å². The van der Waals surface area contributed by atoms with E-state index >= 15 is 0 Å². The average molecular weight is 718 g/mol. The molecule has 270 valence electrons. The first-order valence-corrected chi connectivity index (χ1v) is 19.2. The molecule has 3 fully saturated rings. The maximum Gasteiger partial charge on any atom is 0.405 e. The first kappa shape index (κ1) is 34.7. The molecule has 2 aromatic carbocycles. The molecule has 7 rings (SSSR count). The SMILES string of the molecule is C[C@H]1CCC=C[C@@H]2C[C@@]2(C(=O)NS(=O)(=O)C2CC2)NC(=O)[C@@H]2C[C@@H](Oc3nc4ccccc4c4ccccc34)CN2C(=O)[C@@H](NC(=O)O)[C@H](C)C1. The van der Waals surface area contributed by atoms with Crippen LogP contribution in [0.25, 0.3) is 21.7 Å². The number of fused-ring (bicyclic) bond motifs is 5. The summed E-state index contributed by atoms with van der Waals surface area (Å²) in [5.41, 5.74) is -0.805. The van der Waals surface area contributed by atoms with Crippen LogP contribution in [0.4, 0.5) is 4.79 Å². The van der Waals surface area contributed by atoms with Crippen LogP contribution in [0, 0.1) is 17.8 Å². The maximum absolute atomic E-state index is 14.4. The number of rotatable bonds is 6. The molecule has 14 heteroatoms. The number of sulfonamides is 1. The van der Waals surface area contributed by atoms with Crippen molar-refractivity contribution in [3.8, 4) is 5.88 Å². The second kappa shape index (κ2) is 13.4. The molecule has 7 atom stereocenters. The van der Waals surface area contributed by atoms with Crippen molar-refractivity contribution in [3.05, 3.63) is 60.7 Å². The minimum atomic E-state index is -3.90. The molecule has 51 heavy (non-hydrogen) atoms. The number of carboxylic acid groups (broad SMARTS) is 1. The number of nitrogens with zero attached hydrogens (tertiary/aromatic N) is 2. The number of para-hydroxylation sites is 1. The molecule has 3 heterocycles. The summed E-state index contributed by atoms with van der Waals surface area (Å²) in [5.74, 6) is -2.40. The Morgan fingerprint density at radius 1 is 1.00 bits per heavy atom. The summed E-state index contributed by atoms with van der Waals surface area (Å²) in [4.78, 5) is 60.5. The fourth-order valence-corrected chi connectivity index (χ4v) is 9.12. The Balaban J connectivity index is 1.24. The van der Waals surface area contributed by atoms with Gasteiger partial charge in [0, 0.05) is 23.1 Å². The van der Waals surface area contributed by atoms with Gasteiger partial charge in [-0.2, -0.15) is 0 Å². The fraction of sp³-hybridized carbons (Fsp3) is 0.486. The smallest absolute Gasteiger partial charge is 0.405 e. The summed E-state index contributed by atoms with van der Waals surface area (Å²) in [6, 6.07) is 13.0. The number of aromatic nitrogens is 1. The Kier molecular flexibility index (Phi) is 9.15. The normalized spacial score (nSPS) is 30.0. The van der Waals surface area contributed by atoms with Crippen molar-refractivity contribution in [1.82, 2.24) is 25.2 Å². The second-order valence-electron chi connectivity index (χ2n) is 14.7. The van der Waals surface area contributed by atoms with Gasteiger partial charge in [0.1, 0.15) is 23.7 Å². The zero-order valence-electron chi connectivity index (χ0n) is 28.6. The van der Waals surface area contributed by atoms with Gasteiger partial charge in [0.05, 0.1) is 17.3 Å². The van der Waals surface area contributed by atoms with Gasteiger partial charge in [-0.15, -0.1) is 0 Å². The summed E-state index contributed by atoms with van der Waals surface area (Å²) >= 11 is 0. The molecule has 3 aromatic rings. The van der Waals surface area contributed by atoms with E-state index in [1.165, 1.54) is 4.90 Å². The topological polar surface area (TPSA) is 184 Å². The molecule has 0 spiro atoms. The van der Waals surface area contributed by atoms with Crippen molar-refractivity contribution >= 4 is 55.5 Å². The lowest BCUT2D eigenvalue weighted by Crippen LogP contribution is -2.59. The predicted octanol–water partition coefficient (Wildman–Crippen LogP) is 3.87. The lowest BCUT2D eigenvalue weighted by molar-refractivity contribution is -0.142. The minimum absolute atomic E-state index is 0.0313. The van der Waals surface area contributed by atoms with E-state index in [4.69, 9.17) is 9.72 Å². The van der Waals surface area contributed by atoms with Crippen LogP contribution in [-0.4, -0.2) is 82.7 Å². The number of carbonyl (C=O) groups excluding carboxylic acids is 3. The van der Waals surface area contributed by atoms with E-state index < -0.39 is 74.7 Å². The molecule has 0 bridgehead atoms. The summed E-state index contributed by atoms with van der Waals surface area (Å²) in [6.07, 6.45) is 4.85. The Bertz CT molecular complexity index is 2030. The van der Waals surface area contributed by atoms with Crippen LogP contribution < -0.4 is 20.1 Å². The van der Waals surface area contributed by atoms with Crippen molar-refractivity contribution in [2.24, 2.45) is 17.8 Å². The van der Waals surface area contributed by atoms with Crippen molar-refractivity contribution < 1.29 is 37.4 Å². The van der Waals surface area contributed by atoms with E-state index in [2.05, 4.69) is 15.4 Å². The van der Waals surface area contributed by atoms with E-state index in [-0.39, 0.29) is 25.3 Å². The third-order valence-electron chi connectivity index (χ3n) is 10.7. The average Bonchev–Trinajstić information content (AvgIpc) is 4.02. The van der Waals surface area contributed by atoms with Gasteiger partial charge in [-0.1, -0.05) is 62.4 Å². The van der Waals surface area contributed by atoms with Crippen molar-refractivity contribution in [2.45, 2.75) is 87.8 Å². The minimum Gasteiger partial charge on any atom is -0.472 e. The largest absolute Gasteiger partial charge is 0.472 e. The maximum atomic E-state index is 14.4. The zero-order chi connectivity index (χ0) is 36.1. The molecular formula is C37H43N5O8S. The molecule has 4 amide bonds. The standard InChI is InChI=1S/C37H43N5O8S/c1-21-9-3-4-10-23-19-37(23,35(45)41-51(48,49)25-15-16-25)40-32(43)30-18-24(20-42(30)34(44)31(22(2)17-21)39-36(46)47)50-33-28-13-6-5-11-26(28)27-12-7-8-14-29(27)38-33/h4-8,10-14,21-25,30-31,39H,3,9,15-20H2,1-2H3,(H,40,43)(H,41,45)(H,46,47)/t21-,22+,23+,24+,30-,31-,37+/m0/s1. The lowest BCUT2D eigenvalue weighted by atomic mass is 9.88.